The van der Waals surface area contributed by atoms with Crippen LogP contribution in [0.4, 0.5) is 0 Å². The van der Waals surface area contributed by atoms with Gasteiger partial charge in [0.2, 0.25) is 10.0 Å². The van der Waals surface area contributed by atoms with Crippen molar-refractivity contribution in [2.45, 2.75) is 31.9 Å². The molecule has 0 N–H and O–H groups in total. The van der Waals surface area contributed by atoms with Crippen LogP contribution in [0.25, 0.3) is 0 Å². The van der Waals surface area contributed by atoms with Gasteiger partial charge in [-0.05, 0) is 25.0 Å². The maximum Gasteiger partial charge on any atom is 0.245 e. The summed E-state index contributed by atoms with van der Waals surface area (Å²) in [6, 6.07) is 6.45. The third kappa shape index (κ3) is 2.43. The molecule has 2 rings (SSSR count). The number of rotatable bonds is 3. The van der Waals surface area contributed by atoms with Crippen LogP contribution in [0.15, 0.2) is 29.2 Å². The molecule has 0 aliphatic carbocycles. The molecule has 1 saturated heterocycles. The van der Waals surface area contributed by atoms with E-state index in [2.05, 4.69) is 0 Å². The third-order valence-corrected chi connectivity index (χ3v) is 4.59. The summed E-state index contributed by atoms with van der Waals surface area (Å²) < 4.78 is 47.8. The lowest BCUT2D eigenvalue weighted by Gasteiger charge is -2.25. The van der Waals surface area contributed by atoms with Gasteiger partial charge in [0.25, 0.3) is 0 Å². The molecule has 0 bridgehead atoms. The van der Waals surface area contributed by atoms with Crippen LogP contribution in [0.3, 0.4) is 0 Å². The average Bonchev–Trinajstić information content (AvgIpc) is 2.73. The minimum atomic E-state index is -3.85. The molecule has 100 valence electrons. The van der Waals surface area contributed by atoms with Gasteiger partial charge in [-0.3, -0.25) is 0 Å². The molecule has 1 heterocycles. The fourth-order valence-electron chi connectivity index (χ4n) is 1.86. The summed E-state index contributed by atoms with van der Waals surface area (Å²) in [5.41, 5.74) is 0.958. The molecule has 18 heavy (non-hydrogen) atoms. The maximum atomic E-state index is 12.7. The third-order valence-electron chi connectivity index (χ3n) is 2.80. The summed E-state index contributed by atoms with van der Waals surface area (Å²) in [4.78, 5) is 0.120. The van der Waals surface area contributed by atoms with E-state index >= 15 is 0 Å². The van der Waals surface area contributed by atoms with E-state index in [1.807, 2.05) is 6.92 Å². The number of ether oxygens (including phenoxy) is 1. The van der Waals surface area contributed by atoms with Crippen LogP contribution in [-0.4, -0.2) is 32.1 Å². The van der Waals surface area contributed by atoms with Crippen LogP contribution in [0.5, 0.6) is 0 Å². The highest BCUT2D eigenvalue weighted by molar-refractivity contribution is 7.89. The van der Waals surface area contributed by atoms with Crippen molar-refractivity contribution in [3.05, 3.63) is 29.8 Å². The second-order valence-electron chi connectivity index (χ2n) is 4.54. The van der Waals surface area contributed by atoms with Gasteiger partial charge in [0.1, 0.15) is 6.20 Å². The first-order valence-corrected chi connectivity index (χ1v) is 7.26. The zero-order chi connectivity index (χ0) is 15.2. The van der Waals surface area contributed by atoms with E-state index in [9.17, 15) is 8.42 Å². The van der Waals surface area contributed by atoms with Gasteiger partial charge in [-0.15, -0.1) is 0 Å². The number of sulfonamides is 1. The van der Waals surface area contributed by atoms with Crippen LogP contribution < -0.4 is 0 Å². The summed E-state index contributed by atoms with van der Waals surface area (Å²) >= 11 is 0. The number of hydrogen-bond donors (Lipinski definition) is 0. The Hall–Kier alpha value is -0.910. The normalized spacial score (nSPS) is 27.9. The Morgan fingerprint density at radius 1 is 1.44 bits per heavy atom. The molecule has 0 spiro atoms. The summed E-state index contributed by atoms with van der Waals surface area (Å²) in [7, 11) is -3.85. The highest BCUT2D eigenvalue weighted by Gasteiger charge is 2.37. The molecule has 5 heteroatoms. The maximum absolute atomic E-state index is 12.7. The number of benzene rings is 1. The molecular formula is C13H19NO3S. The Morgan fingerprint density at radius 3 is 2.61 bits per heavy atom. The second kappa shape index (κ2) is 4.99. The summed E-state index contributed by atoms with van der Waals surface area (Å²) in [6.45, 7) is 5.03. The molecule has 1 aliphatic rings. The van der Waals surface area contributed by atoms with Crippen molar-refractivity contribution in [1.29, 1.82) is 0 Å². The molecule has 1 fully saturated rings. The monoisotopic (exact) mass is 271 g/mol. The number of hydrogen-bond acceptors (Lipinski definition) is 3. The Kier molecular flexibility index (Phi) is 3.04. The van der Waals surface area contributed by atoms with E-state index in [1.54, 1.807) is 12.1 Å². The molecule has 1 aromatic carbocycles. The quantitative estimate of drug-likeness (QED) is 0.844. The van der Waals surface area contributed by atoms with Gasteiger partial charge in [-0.1, -0.05) is 31.5 Å². The van der Waals surface area contributed by atoms with E-state index in [-0.39, 0.29) is 18.0 Å². The van der Waals surface area contributed by atoms with Gasteiger partial charge in [-0.25, -0.2) is 8.42 Å². The average molecular weight is 271 g/mol. The minimum Gasteiger partial charge on any atom is -0.360 e. The fraction of sp³-hybridized carbons (Fsp3) is 0.538. The first-order chi connectivity index (χ1) is 9.09. The van der Waals surface area contributed by atoms with Crippen molar-refractivity contribution < 1.29 is 15.9 Å². The van der Waals surface area contributed by atoms with E-state index in [0.717, 1.165) is 9.87 Å². The lowest BCUT2D eigenvalue weighted by molar-refractivity contribution is 0.0313. The first-order valence-electron chi connectivity index (χ1n) is 6.82. The Labute approximate surface area is 111 Å². The predicted molar refractivity (Wildman–Crippen MR) is 69.6 cm³/mol. The highest BCUT2D eigenvalue weighted by atomic mass is 32.2. The van der Waals surface area contributed by atoms with E-state index in [0.29, 0.717) is 0 Å². The van der Waals surface area contributed by atoms with E-state index < -0.39 is 22.1 Å². The molecule has 0 amide bonds. The molecule has 0 aromatic heterocycles. The zero-order valence-electron chi connectivity index (χ0n) is 12.8. The second-order valence-corrected chi connectivity index (χ2v) is 6.41. The van der Waals surface area contributed by atoms with Crippen molar-refractivity contribution >= 4 is 10.0 Å². The van der Waals surface area contributed by atoms with Crippen LogP contribution >= 0.6 is 0 Å². The molecule has 1 unspecified atom stereocenters. The number of nitrogens with zero attached hydrogens (tertiary/aromatic N) is 1. The topological polar surface area (TPSA) is 46.6 Å². The first kappa shape index (κ1) is 11.0. The SMILES string of the molecule is [2H]C(C)(C)C1([2H])OCCN1S(=O)(=O)c1ccc(C)cc1. The standard InChI is InChI=1S/C13H19NO3S/c1-10(2)13-14(8-9-17-13)18(15,16)12-6-4-11(3)5-7-12/h4-7,10,13H,8-9H2,1-3H3/i10D,13D. The van der Waals surface area contributed by atoms with Gasteiger partial charge in [0.15, 0.2) is 0 Å². The Bertz CT molecular complexity index is 595. The van der Waals surface area contributed by atoms with Crippen LogP contribution in [0.1, 0.15) is 22.2 Å². The molecule has 4 nitrogen and oxygen atoms in total. The van der Waals surface area contributed by atoms with E-state index in [4.69, 9.17) is 7.48 Å². The molecular weight excluding hydrogens is 250 g/mol. The van der Waals surface area contributed by atoms with Gasteiger partial charge < -0.3 is 4.74 Å². The molecule has 1 atom stereocenters. The fourth-order valence-corrected chi connectivity index (χ4v) is 3.36. The van der Waals surface area contributed by atoms with Crippen molar-refractivity contribution in [1.82, 2.24) is 4.31 Å². The van der Waals surface area contributed by atoms with Crippen molar-refractivity contribution in [2.24, 2.45) is 5.89 Å². The van der Waals surface area contributed by atoms with Crippen LogP contribution in [0.2, 0.25) is 0 Å². The summed E-state index contributed by atoms with van der Waals surface area (Å²) in [5.74, 6) is -1.39. The molecule has 0 radical (unpaired) electrons. The van der Waals surface area contributed by atoms with Gasteiger partial charge in [0.05, 0.1) is 12.9 Å². The van der Waals surface area contributed by atoms with Crippen molar-refractivity contribution in [3.63, 3.8) is 0 Å². The molecule has 1 aromatic rings. The lowest BCUT2D eigenvalue weighted by Crippen LogP contribution is -2.39. The smallest absolute Gasteiger partial charge is 0.245 e. The lowest BCUT2D eigenvalue weighted by atomic mass is 10.2. The Morgan fingerprint density at radius 2 is 2.06 bits per heavy atom. The predicted octanol–water partition coefficient (Wildman–Crippen LogP) is 2.00. The molecule has 0 saturated carbocycles. The van der Waals surface area contributed by atoms with Gasteiger partial charge in [-0.2, -0.15) is 4.31 Å². The summed E-state index contributed by atoms with van der Waals surface area (Å²) in [5, 5.41) is 0. The van der Waals surface area contributed by atoms with Crippen molar-refractivity contribution in [3.8, 4) is 0 Å². The molecule has 1 aliphatic heterocycles. The Balaban J connectivity index is 2.46. The van der Waals surface area contributed by atoms with Crippen LogP contribution in [-0.2, 0) is 14.8 Å². The van der Waals surface area contributed by atoms with Gasteiger partial charge in [0, 0.05) is 7.92 Å². The summed E-state index contributed by atoms with van der Waals surface area (Å²) in [6.07, 6.45) is -1.91. The van der Waals surface area contributed by atoms with Gasteiger partial charge >= 0.3 is 0 Å². The van der Waals surface area contributed by atoms with Crippen LogP contribution in [0, 0.1) is 12.8 Å². The van der Waals surface area contributed by atoms with Crippen molar-refractivity contribution in [2.75, 3.05) is 13.2 Å². The largest absolute Gasteiger partial charge is 0.360 e. The number of aryl methyl sites for hydroxylation is 1. The highest BCUT2D eigenvalue weighted by Crippen LogP contribution is 2.26. The zero-order valence-corrected chi connectivity index (χ0v) is 11.6. The van der Waals surface area contributed by atoms with E-state index in [1.165, 1.54) is 26.0 Å². The minimum absolute atomic E-state index is 0.0853.